The van der Waals surface area contributed by atoms with Gasteiger partial charge in [0.05, 0.1) is 20.1 Å². The number of terminal acetylenes is 1. The zero-order chi connectivity index (χ0) is 15.8. The number of benzene rings is 2. The SMILES string of the molecule is C#Cc1cccc(NC(=O)CCOc2ccc(OC)cc2)c1. The van der Waals surface area contributed by atoms with E-state index in [0.717, 1.165) is 11.3 Å². The summed E-state index contributed by atoms with van der Waals surface area (Å²) in [6.45, 7) is 0.299. The van der Waals surface area contributed by atoms with Crippen LogP contribution in [0.15, 0.2) is 48.5 Å². The molecule has 0 unspecified atom stereocenters. The van der Waals surface area contributed by atoms with Gasteiger partial charge in [-0.15, -0.1) is 6.42 Å². The minimum atomic E-state index is -0.123. The van der Waals surface area contributed by atoms with Gasteiger partial charge in [0, 0.05) is 11.3 Å². The van der Waals surface area contributed by atoms with E-state index in [9.17, 15) is 4.79 Å². The molecule has 2 aromatic carbocycles. The van der Waals surface area contributed by atoms with Gasteiger partial charge in [0.2, 0.25) is 5.91 Å². The molecular formula is C18H17NO3. The average Bonchev–Trinajstić information content (AvgIpc) is 2.55. The van der Waals surface area contributed by atoms with Crippen LogP contribution in [-0.2, 0) is 4.79 Å². The van der Waals surface area contributed by atoms with Gasteiger partial charge in [-0.2, -0.15) is 0 Å². The first-order chi connectivity index (χ1) is 10.7. The summed E-state index contributed by atoms with van der Waals surface area (Å²) >= 11 is 0. The van der Waals surface area contributed by atoms with Crippen LogP contribution in [0.1, 0.15) is 12.0 Å². The second-order valence-electron chi connectivity index (χ2n) is 4.55. The third-order valence-corrected chi connectivity index (χ3v) is 2.97. The van der Waals surface area contributed by atoms with Crippen molar-refractivity contribution in [2.75, 3.05) is 19.0 Å². The molecule has 4 nitrogen and oxygen atoms in total. The quantitative estimate of drug-likeness (QED) is 0.833. The van der Waals surface area contributed by atoms with Gasteiger partial charge in [0.1, 0.15) is 11.5 Å². The number of methoxy groups -OCH3 is 1. The van der Waals surface area contributed by atoms with Crippen LogP contribution in [0.2, 0.25) is 0 Å². The lowest BCUT2D eigenvalue weighted by molar-refractivity contribution is -0.116. The standard InChI is InChI=1S/C18H17NO3/c1-3-14-5-4-6-15(13-14)19-18(20)11-12-22-17-9-7-16(21-2)8-10-17/h1,4-10,13H,11-12H2,2H3,(H,19,20). The maximum absolute atomic E-state index is 11.8. The number of carbonyl (C=O) groups is 1. The highest BCUT2D eigenvalue weighted by molar-refractivity contribution is 5.90. The lowest BCUT2D eigenvalue weighted by atomic mass is 10.2. The molecule has 0 heterocycles. The van der Waals surface area contributed by atoms with Crippen LogP contribution in [0.25, 0.3) is 0 Å². The Morgan fingerprint density at radius 3 is 2.59 bits per heavy atom. The molecule has 0 saturated carbocycles. The molecule has 22 heavy (non-hydrogen) atoms. The first-order valence-corrected chi connectivity index (χ1v) is 6.84. The lowest BCUT2D eigenvalue weighted by Gasteiger charge is -2.08. The molecule has 0 aliphatic rings. The van der Waals surface area contributed by atoms with E-state index in [1.54, 1.807) is 49.6 Å². The van der Waals surface area contributed by atoms with E-state index in [1.807, 2.05) is 6.07 Å². The topological polar surface area (TPSA) is 47.6 Å². The van der Waals surface area contributed by atoms with Crippen LogP contribution in [0.3, 0.4) is 0 Å². The highest BCUT2D eigenvalue weighted by atomic mass is 16.5. The van der Waals surface area contributed by atoms with Crippen LogP contribution in [0.5, 0.6) is 11.5 Å². The van der Waals surface area contributed by atoms with Crippen molar-refractivity contribution in [1.82, 2.24) is 0 Å². The maximum Gasteiger partial charge on any atom is 0.227 e. The molecule has 4 heteroatoms. The largest absolute Gasteiger partial charge is 0.497 e. The lowest BCUT2D eigenvalue weighted by Crippen LogP contribution is -2.15. The minimum absolute atomic E-state index is 0.123. The summed E-state index contributed by atoms with van der Waals surface area (Å²) in [4.78, 5) is 11.8. The van der Waals surface area contributed by atoms with E-state index in [4.69, 9.17) is 15.9 Å². The van der Waals surface area contributed by atoms with Crippen LogP contribution in [0, 0.1) is 12.3 Å². The number of hydrogen-bond acceptors (Lipinski definition) is 3. The fourth-order valence-electron chi connectivity index (χ4n) is 1.84. The molecule has 0 spiro atoms. The molecule has 0 aromatic heterocycles. The van der Waals surface area contributed by atoms with Crippen LogP contribution in [0.4, 0.5) is 5.69 Å². The zero-order valence-electron chi connectivity index (χ0n) is 12.3. The fourth-order valence-corrected chi connectivity index (χ4v) is 1.84. The van der Waals surface area contributed by atoms with Crippen molar-refractivity contribution < 1.29 is 14.3 Å². The number of anilines is 1. The van der Waals surface area contributed by atoms with Crippen LogP contribution < -0.4 is 14.8 Å². The van der Waals surface area contributed by atoms with E-state index < -0.39 is 0 Å². The normalized spacial score (nSPS) is 9.64. The van der Waals surface area contributed by atoms with Crippen molar-refractivity contribution in [3.63, 3.8) is 0 Å². The van der Waals surface area contributed by atoms with Gasteiger partial charge >= 0.3 is 0 Å². The smallest absolute Gasteiger partial charge is 0.227 e. The Hall–Kier alpha value is -2.93. The highest BCUT2D eigenvalue weighted by Gasteiger charge is 2.03. The fraction of sp³-hybridized carbons (Fsp3) is 0.167. The predicted molar refractivity (Wildman–Crippen MR) is 86.1 cm³/mol. The predicted octanol–water partition coefficient (Wildman–Crippen LogP) is 3.08. The van der Waals surface area contributed by atoms with Crippen LogP contribution >= 0.6 is 0 Å². The summed E-state index contributed by atoms with van der Waals surface area (Å²) in [5, 5.41) is 2.79. The van der Waals surface area contributed by atoms with E-state index >= 15 is 0 Å². The van der Waals surface area contributed by atoms with Gasteiger partial charge in [-0.25, -0.2) is 0 Å². The van der Waals surface area contributed by atoms with Crippen LogP contribution in [-0.4, -0.2) is 19.6 Å². The first-order valence-electron chi connectivity index (χ1n) is 6.84. The van der Waals surface area contributed by atoms with Crippen molar-refractivity contribution in [1.29, 1.82) is 0 Å². The Balaban J connectivity index is 1.78. The van der Waals surface area contributed by atoms with Gasteiger partial charge < -0.3 is 14.8 Å². The second kappa shape index (κ2) is 7.75. The number of hydrogen-bond donors (Lipinski definition) is 1. The minimum Gasteiger partial charge on any atom is -0.497 e. The Morgan fingerprint density at radius 2 is 1.91 bits per heavy atom. The third kappa shape index (κ3) is 4.57. The maximum atomic E-state index is 11.8. The van der Waals surface area contributed by atoms with Crippen molar-refractivity contribution >= 4 is 11.6 Å². The molecule has 1 N–H and O–H groups in total. The molecule has 0 aliphatic heterocycles. The number of amides is 1. The zero-order valence-corrected chi connectivity index (χ0v) is 12.3. The summed E-state index contributed by atoms with van der Waals surface area (Å²) in [6, 6.07) is 14.4. The average molecular weight is 295 g/mol. The molecular weight excluding hydrogens is 278 g/mol. The Bertz CT molecular complexity index is 671. The van der Waals surface area contributed by atoms with E-state index in [-0.39, 0.29) is 12.3 Å². The highest BCUT2D eigenvalue weighted by Crippen LogP contribution is 2.17. The molecule has 0 fully saturated rings. The third-order valence-electron chi connectivity index (χ3n) is 2.97. The molecule has 0 radical (unpaired) electrons. The molecule has 2 rings (SSSR count). The van der Waals surface area contributed by atoms with E-state index in [0.29, 0.717) is 18.0 Å². The monoisotopic (exact) mass is 295 g/mol. The molecule has 0 aliphatic carbocycles. The molecule has 0 saturated heterocycles. The number of nitrogens with one attached hydrogen (secondary N) is 1. The Kier molecular flexibility index (Phi) is 5.44. The van der Waals surface area contributed by atoms with Gasteiger partial charge in [-0.1, -0.05) is 12.0 Å². The molecule has 0 bridgehead atoms. The van der Waals surface area contributed by atoms with E-state index in [2.05, 4.69) is 11.2 Å². The summed E-state index contributed by atoms with van der Waals surface area (Å²) in [6.07, 6.45) is 5.58. The number of ether oxygens (including phenoxy) is 2. The summed E-state index contributed by atoms with van der Waals surface area (Å²) < 4.78 is 10.6. The number of carbonyl (C=O) groups excluding carboxylic acids is 1. The Morgan fingerprint density at radius 1 is 1.18 bits per heavy atom. The van der Waals surface area contributed by atoms with Crippen molar-refractivity contribution in [3.8, 4) is 23.8 Å². The van der Waals surface area contributed by atoms with Gasteiger partial charge in [-0.3, -0.25) is 4.79 Å². The summed E-state index contributed by atoms with van der Waals surface area (Å²) in [5.41, 5.74) is 1.41. The molecule has 2 aromatic rings. The van der Waals surface area contributed by atoms with Gasteiger partial charge in [0.15, 0.2) is 0 Å². The van der Waals surface area contributed by atoms with Crippen molar-refractivity contribution in [2.24, 2.45) is 0 Å². The van der Waals surface area contributed by atoms with Crippen molar-refractivity contribution in [3.05, 3.63) is 54.1 Å². The molecule has 0 atom stereocenters. The van der Waals surface area contributed by atoms with E-state index in [1.165, 1.54) is 0 Å². The van der Waals surface area contributed by atoms with Crippen molar-refractivity contribution in [2.45, 2.75) is 6.42 Å². The molecule has 112 valence electrons. The number of rotatable bonds is 6. The summed E-state index contributed by atoms with van der Waals surface area (Å²) in [7, 11) is 1.61. The van der Waals surface area contributed by atoms with Gasteiger partial charge in [0.25, 0.3) is 0 Å². The molecule has 1 amide bonds. The first kappa shape index (κ1) is 15.5. The van der Waals surface area contributed by atoms with Gasteiger partial charge in [-0.05, 0) is 42.5 Å². The second-order valence-corrected chi connectivity index (χ2v) is 4.55. The Labute approximate surface area is 130 Å². The summed E-state index contributed by atoms with van der Waals surface area (Å²) in [5.74, 6) is 3.87.